The van der Waals surface area contributed by atoms with Crippen LogP contribution in [0.1, 0.15) is 10.9 Å². The average molecular weight is 340 g/mol. The summed E-state index contributed by atoms with van der Waals surface area (Å²) in [6.07, 6.45) is 0. The van der Waals surface area contributed by atoms with Crippen LogP contribution >= 0.6 is 23.4 Å². The third kappa shape index (κ3) is 2.97. The van der Waals surface area contributed by atoms with Crippen molar-refractivity contribution in [2.24, 2.45) is 0 Å². The van der Waals surface area contributed by atoms with Gasteiger partial charge in [-0.1, -0.05) is 41.9 Å². The van der Waals surface area contributed by atoms with Crippen LogP contribution < -0.4 is 0 Å². The number of hydrogen-bond acceptors (Lipinski definition) is 3. The van der Waals surface area contributed by atoms with Crippen molar-refractivity contribution in [2.45, 2.75) is 10.3 Å². The first kappa shape index (κ1) is 14.9. The van der Waals surface area contributed by atoms with Gasteiger partial charge in [0.05, 0.1) is 10.3 Å². The van der Waals surface area contributed by atoms with E-state index in [1.165, 1.54) is 0 Å². The van der Waals surface area contributed by atoms with Crippen LogP contribution in [0.3, 0.4) is 0 Å². The smallest absolute Gasteiger partial charge is 0.207 e. The van der Waals surface area contributed by atoms with E-state index in [1.807, 2.05) is 24.3 Å². The molecule has 0 bridgehead atoms. The molecule has 110 valence electrons. The molecule has 0 aromatic heterocycles. The molecule has 1 fully saturated rings. The number of halogens is 1. The molecule has 1 unspecified atom stereocenters. The molecular formula is C15H14ClNO2S2. The van der Waals surface area contributed by atoms with Gasteiger partial charge in [0.25, 0.3) is 0 Å². The van der Waals surface area contributed by atoms with Gasteiger partial charge in [0, 0.05) is 17.3 Å². The second kappa shape index (κ2) is 6.01. The number of rotatable bonds is 3. The standard InChI is InChI=1S/C15H14ClNO2S2/c16-13-6-4-5-12(11-13)15-17(9-10-20-15)21(18,19)14-7-2-1-3-8-14/h1-8,11,15H,9-10H2. The van der Waals surface area contributed by atoms with Gasteiger partial charge in [0.15, 0.2) is 0 Å². The third-order valence-electron chi connectivity index (χ3n) is 3.33. The third-order valence-corrected chi connectivity index (χ3v) is 6.84. The van der Waals surface area contributed by atoms with E-state index in [0.717, 1.165) is 11.3 Å². The lowest BCUT2D eigenvalue weighted by Gasteiger charge is -2.23. The van der Waals surface area contributed by atoms with E-state index in [-0.39, 0.29) is 5.37 Å². The van der Waals surface area contributed by atoms with Crippen molar-refractivity contribution in [3.63, 3.8) is 0 Å². The molecule has 1 saturated heterocycles. The normalized spacial score (nSPS) is 19.8. The maximum Gasteiger partial charge on any atom is 0.244 e. The van der Waals surface area contributed by atoms with E-state index < -0.39 is 10.0 Å². The molecule has 21 heavy (non-hydrogen) atoms. The van der Waals surface area contributed by atoms with Crippen LogP contribution in [0.2, 0.25) is 5.02 Å². The molecule has 2 aromatic rings. The molecule has 0 aliphatic carbocycles. The van der Waals surface area contributed by atoms with Crippen LogP contribution in [0.4, 0.5) is 0 Å². The Bertz CT molecular complexity index is 734. The molecule has 0 saturated carbocycles. The minimum absolute atomic E-state index is 0.214. The molecule has 1 aliphatic heterocycles. The first-order valence-electron chi connectivity index (χ1n) is 6.53. The number of hydrogen-bond donors (Lipinski definition) is 0. The molecule has 1 atom stereocenters. The molecule has 0 amide bonds. The highest BCUT2D eigenvalue weighted by molar-refractivity contribution is 8.01. The summed E-state index contributed by atoms with van der Waals surface area (Å²) in [4.78, 5) is 0.333. The van der Waals surface area contributed by atoms with Gasteiger partial charge in [-0.05, 0) is 29.8 Å². The summed E-state index contributed by atoms with van der Waals surface area (Å²) in [5.41, 5.74) is 0.921. The van der Waals surface area contributed by atoms with Crippen molar-refractivity contribution in [2.75, 3.05) is 12.3 Å². The molecule has 3 rings (SSSR count). The van der Waals surface area contributed by atoms with Gasteiger partial charge in [0.1, 0.15) is 0 Å². The van der Waals surface area contributed by atoms with Crippen molar-refractivity contribution in [1.82, 2.24) is 4.31 Å². The van der Waals surface area contributed by atoms with Crippen LogP contribution in [0, 0.1) is 0 Å². The Hall–Kier alpha value is -1.01. The predicted molar refractivity (Wildman–Crippen MR) is 87.0 cm³/mol. The maximum absolute atomic E-state index is 12.8. The lowest BCUT2D eigenvalue weighted by atomic mass is 10.2. The van der Waals surface area contributed by atoms with E-state index in [0.29, 0.717) is 16.5 Å². The Morgan fingerprint density at radius 1 is 1.10 bits per heavy atom. The van der Waals surface area contributed by atoms with Gasteiger partial charge >= 0.3 is 0 Å². The number of benzene rings is 2. The van der Waals surface area contributed by atoms with Gasteiger partial charge in [-0.15, -0.1) is 11.8 Å². The predicted octanol–water partition coefficient (Wildman–Crippen LogP) is 3.78. The van der Waals surface area contributed by atoms with E-state index in [4.69, 9.17) is 11.6 Å². The summed E-state index contributed by atoms with van der Waals surface area (Å²) in [5, 5.41) is 0.408. The Morgan fingerprint density at radius 3 is 2.57 bits per heavy atom. The molecule has 6 heteroatoms. The van der Waals surface area contributed by atoms with Crippen molar-refractivity contribution in [1.29, 1.82) is 0 Å². The molecule has 2 aromatic carbocycles. The van der Waals surface area contributed by atoms with Crippen LogP contribution in [-0.4, -0.2) is 25.0 Å². The summed E-state index contributed by atoms with van der Waals surface area (Å²) >= 11 is 7.65. The molecule has 0 spiro atoms. The lowest BCUT2D eigenvalue weighted by molar-refractivity contribution is 0.434. The van der Waals surface area contributed by atoms with Crippen molar-refractivity contribution >= 4 is 33.4 Å². The van der Waals surface area contributed by atoms with Crippen LogP contribution in [0.15, 0.2) is 59.5 Å². The first-order valence-corrected chi connectivity index (χ1v) is 9.40. The fourth-order valence-corrected chi connectivity index (χ4v) is 5.80. The Kier molecular flexibility index (Phi) is 4.26. The van der Waals surface area contributed by atoms with E-state index in [9.17, 15) is 8.42 Å². The van der Waals surface area contributed by atoms with Gasteiger partial charge in [-0.3, -0.25) is 0 Å². The van der Waals surface area contributed by atoms with Gasteiger partial charge < -0.3 is 0 Å². The molecule has 1 aliphatic rings. The summed E-state index contributed by atoms with van der Waals surface area (Å²) in [5.74, 6) is 0.781. The maximum atomic E-state index is 12.8. The van der Waals surface area contributed by atoms with Crippen LogP contribution in [0.5, 0.6) is 0 Å². The number of thioether (sulfide) groups is 1. The van der Waals surface area contributed by atoms with E-state index in [2.05, 4.69) is 0 Å². The zero-order valence-corrected chi connectivity index (χ0v) is 13.5. The minimum Gasteiger partial charge on any atom is -0.207 e. The quantitative estimate of drug-likeness (QED) is 0.854. The second-order valence-corrected chi connectivity index (χ2v) is 8.22. The highest BCUT2D eigenvalue weighted by Crippen LogP contribution is 2.41. The van der Waals surface area contributed by atoms with Crippen molar-refractivity contribution in [3.8, 4) is 0 Å². The largest absolute Gasteiger partial charge is 0.244 e. The lowest BCUT2D eigenvalue weighted by Crippen LogP contribution is -2.30. The van der Waals surface area contributed by atoms with Crippen molar-refractivity contribution in [3.05, 3.63) is 65.2 Å². The average Bonchev–Trinajstić information content (AvgIpc) is 2.98. The van der Waals surface area contributed by atoms with E-state index >= 15 is 0 Å². The molecule has 1 heterocycles. The zero-order valence-electron chi connectivity index (χ0n) is 11.1. The Morgan fingerprint density at radius 2 is 1.86 bits per heavy atom. The Labute approximate surface area is 134 Å². The molecule has 0 N–H and O–H groups in total. The van der Waals surface area contributed by atoms with Gasteiger partial charge in [-0.25, -0.2) is 8.42 Å². The number of sulfonamides is 1. The summed E-state index contributed by atoms with van der Waals surface area (Å²) in [7, 11) is -3.48. The number of nitrogens with zero attached hydrogens (tertiary/aromatic N) is 1. The monoisotopic (exact) mass is 339 g/mol. The summed E-state index contributed by atoms with van der Waals surface area (Å²) in [6, 6.07) is 16.0. The minimum atomic E-state index is -3.48. The van der Waals surface area contributed by atoms with Gasteiger partial charge in [0.2, 0.25) is 10.0 Å². The molecular weight excluding hydrogens is 326 g/mol. The van der Waals surface area contributed by atoms with Crippen molar-refractivity contribution < 1.29 is 8.42 Å². The SMILES string of the molecule is O=S(=O)(c1ccccc1)N1CCSC1c1cccc(Cl)c1. The summed E-state index contributed by atoms with van der Waals surface area (Å²) in [6.45, 7) is 0.513. The highest BCUT2D eigenvalue weighted by Gasteiger charge is 2.36. The fraction of sp³-hybridized carbons (Fsp3) is 0.200. The first-order chi connectivity index (χ1) is 10.1. The van der Waals surface area contributed by atoms with Gasteiger partial charge in [-0.2, -0.15) is 4.31 Å². The second-order valence-electron chi connectivity index (χ2n) is 4.71. The van der Waals surface area contributed by atoms with E-state index in [1.54, 1.807) is 46.4 Å². The highest BCUT2D eigenvalue weighted by atomic mass is 35.5. The van der Waals surface area contributed by atoms with Crippen LogP contribution in [-0.2, 0) is 10.0 Å². The van der Waals surface area contributed by atoms with Crippen LogP contribution in [0.25, 0.3) is 0 Å². The topological polar surface area (TPSA) is 37.4 Å². The summed E-state index contributed by atoms with van der Waals surface area (Å²) < 4.78 is 27.1. The zero-order chi connectivity index (χ0) is 14.9. The molecule has 3 nitrogen and oxygen atoms in total. The molecule has 0 radical (unpaired) electrons. The Balaban J connectivity index is 1.98. The fourth-order valence-electron chi connectivity index (χ4n) is 2.35.